The van der Waals surface area contributed by atoms with Crippen LogP contribution in [0.2, 0.25) is 0 Å². The van der Waals surface area contributed by atoms with Crippen molar-refractivity contribution in [3.8, 4) is 0 Å². The van der Waals surface area contributed by atoms with Crippen LogP contribution in [0.15, 0.2) is 24.3 Å². The highest BCUT2D eigenvalue weighted by Gasteiger charge is 2.05. The number of aryl methyl sites for hydroxylation is 1. The molecule has 0 saturated heterocycles. The number of fused-ring (bicyclic) bond motifs is 1. The molecule has 2 aromatic rings. The van der Waals surface area contributed by atoms with Crippen LogP contribution in [0, 0.1) is 6.92 Å². The molecule has 3 heteroatoms. The quantitative estimate of drug-likeness (QED) is 0.874. The van der Waals surface area contributed by atoms with E-state index >= 15 is 0 Å². The first kappa shape index (κ1) is 12.8. The van der Waals surface area contributed by atoms with Gasteiger partial charge in [0.25, 0.3) is 0 Å². The molecule has 0 radical (unpaired) electrons. The van der Waals surface area contributed by atoms with Gasteiger partial charge in [0, 0.05) is 24.7 Å². The van der Waals surface area contributed by atoms with Gasteiger partial charge < -0.3 is 10.1 Å². The van der Waals surface area contributed by atoms with Crippen LogP contribution in [0.25, 0.3) is 10.9 Å². The Hall–Kier alpha value is -1.61. The van der Waals surface area contributed by atoms with E-state index in [2.05, 4.69) is 48.4 Å². The van der Waals surface area contributed by atoms with Crippen molar-refractivity contribution in [2.24, 2.45) is 0 Å². The molecular weight excluding hydrogens is 224 g/mol. The fourth-order valence-electron chi connectivity index (χ4n) is 2.02. The summed E-state index contributed by atoms with van der Waals surface area (Å²) in [5, 5.41) is 4.65. The zero-order valence-corrected chi connectivity index (χ0v) is 11.3. The Morgan fingerprint density at radius 3 is 2.83 bits per heavy atom. The van der Waals surface area contributed by atoms with E-state index in [1.54, 1.807) is 7.11 Å². The Labute approximate surface area is 108 Å². The maximum atomic E-state index is 5.17. The van der Waals surface area contributed by atoms with Gasteiger partial charge in [-0.05, 0) is 31.5 Å². The summed E-state index contributed by atoms with van der Waals surface area (Å²) < 4.78 is 5.17. The zero-order chi connectivity index (χ0) is 13.0. The van der Waals surface area contributed by atoms with Crippen molar-refractivity contribution in [2.45, 2.75) is 26.9 Å². The van der Waals surface area contributed by atoms with Crippen molar-refractivity contribution in [3.63, 3.8) is 0 Å². The lowest BCUT2D eigenvalue weighted by Crippen LogP contribution is -2.03. The standard InChI is InChI=1S/C15H20N2O/c1-4-7-16-15-9-12(10-18-3)17-14-6-5-11(2)8-13(14)15/h5-6,8-9H,4,7,10H2,1-3H3,(H,16,17). The molecule has 18 heavy (non-hydrogen) atoms. The number of benzene rings is 1. The molecule has 96 valence electrons. The van der Waals surface area contributed by atoms with Gasteiger partial charge in [0.2, 0.25) is 0 Å². The smallest absolute Gasteiger partial charge is 0.0885 e. The molecule has 0 aliphatic carbocycles. The summed E-state index contributed by atoms with van der Waals surface area (Å²) in [5.74, 6) is 0. The van der Waals surface area contributed by atoms with Gasteiger partial charge in [-0.3, -0.25) is 4.98 Å². The SMILES string of the molecule is CCCNc1cc(COC)nc2ccc(C)cc12. The molecule has 0 spiro atoms. The molecule has 1 aromatic carbocycles. The van der Waals surface area contributed by atoms with Gasteiger partial charge in [-0.25, -0.2) is 0 Å². The van der Waals surface area contributed by atoms with Gasteiger partial charge in [0.05, 0.1) is 17.8 Å². The van der Waals surface area contributed by atoms with E-state index in [1.807, 2.05) is 0 Å². The monoisotopic (exact) mass is 244 g/mol. The third kappa shape index (κ3) is 2.79. The molecule has 0 atom stereocenters. The number of rotatable bonds is 5. The lowest BCUT2D eigenvalue weighted by atomic mass is 10.1. The summed E-state index contributed by atoms with van der Waals surface area (Å²) in [6, 6.07) is 8.42. The van der Waals surface area contributed by atoms with Gasteiger partial charge in [0.1, 0.15) is 0 Å². The van der Waals surface area contributed by atoms with Crippen LogP contribution in [0.5, 0.6) is 0 Å². The molecule has 0 amide bonds. The fourth-order valence-corrected chi connectivity index (χ4v) is 2.02. The largest absolute Gasteiger partial charge is 0.384 e. The van der Waals surface area contributed by atoms with Crippen molar-refractivity contribution in [3.05, 3.63) is 35.5 Å². The summed E-state index contributed by atoms with van der Waals surface area (Å²) >= 11 is 0. The van der Waals surface area contributed by atoms with Gasteiger partial charge in [-0.15, -0.1) is 0 Å². The Kier molecular flexibility index (Phi) is 4.15. The molecule has 1 aromatic heterocycles. The fraction of sp³-hybridized carbons (Fsp3) is 0.400. The van der Waals surface area contributed by atoms with Crippen molar-refractivity contribution < 1.29 is 4.74 Å². The Morgan fingerprint density at radius 1 is 1.28 bits per heavy atom. The van der Waals surface area contributed by atoms with E-state index in [1.165, 1.54) is 10.9 Å². The number of pyridine rings is 1. The second kappa shape index (κ2) is 5.83. The number of aromatic nitrogens is 1. The van der Waals surface area contributed by atoms with E-state index in [0.717, 1.165) is 29.9 Å². The maximum Gasteiger partial charge on any atom is 0.0885 e. The number of hydrogen-bond acceptors (Lipinski definition) is 3. The molecule has 0 fully saturated rings. The average Bonchev–Trinajstić information content (AvgIpc) is 2.37. The summed E-state index contributed by atoms with van der Waals surface area (Å²) in [4.78, 5) is 4.61. The molecule has 0 saturated carbocycles. The summed E-state index contributed by atoms with van der Waals surface area (Å²) in [7, 11) is 1.69. The van der Waals surface area contributed by atoms with Gasteiger partial charge >= 0.3 is 0 Å². The van der Waals surface area contributed by atoms with Crippen LogP contribution in [-0.4, -0.2) is 18.6 Å². The third-order valence-electron chi connectivity index (χ3n) is 2.87. The van der Waals surface area contributed by atoms with Crippen LogP contribution in [-0.2, 0) is 11.3 Å². The molecule has 3 nitrogen and oxygen atoms in total. The van der Waals surface area contributed by atoms with Gasteiger partial charge in [-0.2, -0.15) is 0 Å². The van der Waals surface area contributed by atoms with Crippen LogP contribution < -0.4 is 5.32 Å². The number of ether oxygens (including phenoxy) is 1. The first-order chi connectivity index (χ1) is 8.74. The predicted octanol–water partition coefficient (Wildman–Crippen LogP) is 3.51. The van der Waals surface area contributed by atoms with E-state index in [-0.39, 0.29) is 0 Å². The van der Waals surface area contributed by atoms with Crippen LogP contribution in [0.1, 0.15) is 24.6 Å². The Morgan fingerprint density at radius 2 is 2.11 bits per heavy atom. The minimum Gasteiger partial charge on any atom is -0.384 e. The average molecular weight is 244 g/mol. The highest BCUT2D eigenvalue weighted by molar-refractivity contribution is 5.92. The first-order valence-electron chi connectivity index (χ1n) is 6.37. The highest BCUT2D eigenvalue weighted by Crippen LogP contribution is 2.24. The predicted molar refractivity (Wildman–Crippen MR) is 76.0 cm³/mol. The van der Waals surface area contributed by atoms with Crippen molar-refractivity contribution in [2.75, 3.05) is 19.0 Å². The minimum atomic E-state index is 0.546. The van der Waals surface area contributed by atoms with E-state index in [9.17, 15) is 0 Å². The van der Waals surface area contributed by atoms with Crippen LogP contribution >= 0.6 is 0 Å². The summed E-state index contributed by atoms with van der Waals surface area (Å²) in [5.41, 5.74) is 4.39. The number of anilines is 1. The second-order valence-electron chi connectivity index (χ2n) is 4.54. The lowest BCUT2D eigenvalue weighted by Gasteiger charge is -2.11. The van der Waals surface area contributed by atoms with E-state index in [0.29, 0.717) is 6.61 Å². The summed E-state index contributed by atoms with van der Waals surface area (Å²) in [6.45, 7) is 5.79. The number of nitrogens with zero attached hydrogens (tertiary/aromatic N) is 1. The minimum absolute atomic E-state index is 0.546. The molecular formula is C15H20N2O. The molecule has 1 heterocycles. The summed E-state index contributed by atoms with van der Waals surface area (Å²) in [6.07, 6.45) is 1.11. The maximum absolute atomic E-state index is 5.17. The van der Waals surface area contributed by atoms with Crippen molar-refractivity contribution >= 4 is 16.6 Å². The van der Waals surface area contributed by atoms with Gasteiger partial charge in [-0.1, -0.05) is 18.6 Å². The van der Waals surface area contributed by atoms with Crippen LogP contribution in [0.4, 0.5) is 5.69 Å². The first-order valence-corrected chi connectivity index (χ1v) is 6.37. The van der Waals surface area contributed by atoms with E-state index < -0.39 is 0 Å². The van der Waals surface area contributed by atoms with Crippen LogP contribution in [0.3, 0.4) is 0 Å². The lowest BCUT2D eigenvalue weighted by molar-refractivity contribution is 0.182. The van der Waals surface area contributed by atoms with Crippen molar-refractivity contribution in [1.29, 1.82) is 0 Å². The second-order valence-corrected chi connectivity index (χ2v) is 4.54. The zero-order valence-electron chi connectivity index (χ0n) is 11.3. The molecule has 0 aliphatic heterocycles. The third-order valence-corrected chi connectivity index (χ3v) is 2.87. The highest BCUT2D eigenvalue weighted by atomic mass is 16.5. The Bertz CT molecular complexity index is 537. The normalized spacial score (nSPS) is 10.8. The molecule has 2 rings (SSSR count). The number of nitrogens with one attached hydrogen (secondary N) is 1. The number of methoxy groups -OCH3 is 1. The number of hydrogen-bond donors (Lipinski definition) is 1. The topological polar surface area (TPSA) is 34.1 Å². The molecule has 0 bridgehead atoms. The molecule has 1 N–H and O–H groups in total. The van der Waals surface area contributed by atoms with Crippen molar-refractivity contribution in [1.82, 2.24) is 4.98 Å². The van der Waals surface area contributed by atoms with Gasteiger partial charge in [0.15, 0.2) is 0 Å². The molecule has 0 unspecified atom stereocenters. The molecule has 0 aliphatic rings. The Balaban J connectivity index is 2.50. The van der Waals surface area contributed by atoms with E-state index in [4.69, 9.17) is 4.74 Å².